The van der Waals surface area contributed by atoms with Crippen LogP contribution in [0.5, 0.6) is 0 Å². The molecule has 86 valence electrons. The first-order valence-electron chi connectivity index (χ1n) is 6.07. The first kappa shape index (κ1) is 12.3. The van der Waals surface area contributed by atoms with Gasteiger partial charge in [-0.25, -0.2) is 4.98 Å². The zero-order valence-corrected chi connectivity index (χ0v) is 10.9. The molecule has 1 heterocycles. The summed E-state index contributed by atoms with van der Waals surface area (Å²) >= 11 is 0. The van der Waals surface area contributed by atoms with E-state index in [0.29, 0.717) is 17.8 Å². The number of nitrogens with one attached hydrogen (secondary N) is 1. The fourth-order valence-electron chi connectivity index (χ4n) is 1.71. The molecule has 1 N–H and O–H groups in total. The Kier molecular flexibility index (Phi) is 3.95. The maximum absolute atomic E-state index is 4.72. The molecule has 0 aliphatic heterocycles. The van der Waals surface area contributed by atoms with Crippen LogP contribution < -0.4 is 0 Å². The molecule has 2 heteroatoms. The largest absolute Gasteiger partial charge is 0.345 e. The predicted octanol–water partition coefficient (Wildman–Crippen LogP) is 4.17. The minimum atomic E-state index is 0.486. The van der Waals surface area contributed by atoms with Gasteiger partial charge in [0.05, 0.1) is 5.69 Å². The summed E-state index contributed by atoms with van der Waals surface area (Å²) in [6.07, 6.45) is 1.17. The highest BCUT2D eigenvalue weighted by atomic mass is 14.9. The molecule has 0 aliphatic rings. The smallest absolute Gasteiger partial charge is 0.109 e. The van der Waals surface area contributed by atoms with Crippen LogP contribution in [0.1, 0.15) is 82.9 Å². The molecule has 1 atom stereocenters. The number of imidazole rings is 1. The first-order valence-corrected chi connectivity index (χ1v) is 6.07. The normalized spacial score (nSPS) is 13.9. The lowest BCUT2D eigenvalue weighted by Gasteiger charge is -2.10. The Hall–Kier alpha value is -0.790. The third-order valence-corrected chi connectivity index (χ3v) is 2.98. The van der Waals surface area contributed by atoms with Gasteiger partial charge in [-0.1, -0.05) is 41.5 Å². The molecule has 0 spiro atoms. The summed E-state index contributed by atoms with van der Waals surface area (Å²) < 4.78 is 0. The van der Waals surface area contributed by atoms with Crippen LogP contribution in [-0.4, -0.2) is 9.97 Å². The maximum Gasteiger partial charge on any atom is 0.109 e. The van der Waals surface area contributed by atoms with Gasteiger partial charge in [0.1, 0.15) is 5.82 Å². The van der Waals surface area contributed by atoms with E-state index in [1.165, 1.54) is 17.8 Å². The number of hydrogen-bond donors (Lipinski definition) is 1. The van der Waals surface area contributed by atoms with Crippen molar-refractivity contribution in [2.75, 3.05) is 0 Å². The zero-order valence-electron chi connectivity index (χ0n) is 10.9. The van der Waals surface area contributed by atoms with Crippen LogP contribution in [0.25, 0.3) is 0 Å². The number of aromatic nitrogens is 2. The molecule has 0 amide bonds. The Morgan fingerprint density at radius 2 is 1.67 bits per heavy atom. The second kappa shape index (κ2) is 4.82. The quantitative estimate of drug-likeness (QED) is 0.790. The number of aromatic amines is 1. The number of hydrogen-bond acceptors (Lipinski definition) is 1. The minimum Gasteiger partial charge on any atom is -0.345 e. The van der Waals surface area contributed by atoms with Crippen LogP contribution in [0.2, 0.25) is 0 Å². The summed E-state index contributed by atoms with van der Waals surface area (Å²) in [7, 11) is 0. The van der Waals surface area contributed by atoms with Crippen LogP contribution in [-0.2, 0) is 0 Å². The highest BCUT2D eigenvalue weighted by molar-refractivity contribution is 5.22. The third-order valence-electron chi connectivity index (χ3n) is 2.98. The molecule has 0 radical (unpaired) electrons. The van der Waals surface area contributed by atoms with Crippen LogP contribution >= 0.6 is 0 Å². The average molecular weight is 208 g/mol. The summed E-state index contributed by atoms with van der Waals surface area (Å²) in [5.74, 6) is 2.72. The van der Waals surface area contributed by atoms with E-state index in [1.54, 1.807) is 0 Å². The highest BCUT2D eigenvalue weighted by Gasteiger charge is 2.18. The van der Waals surface area contributed by atoms with Gasteiger partial charge in [0.15, 0.2) is 0 Å². The standard InChI is InChI=1S/C13H24N2/c1-7-10(6)12-11(8(2)3)14-13(15-12)9(4)5/h8-10H,7H2,1-6H3,(H,14,15). The van der Waals surface area contributed by atoms with Gasteiger partial charge in [0.25, 0.3) is 0 Å². The molecule has 1 unspecified atom stereocenters. The molecule has 15 heavy (non-hydrogen) atoms. The lowest BCUT2D eigenvalue weighted by molar-refractivity contribution is 0.683. The van der Waals surface area contributed by atoms with Crippen molar-refractivity contribution in [3.05, 3.63) is 17.2 Å². The van der Waals surface area contributed by atoms with E-state index < -0.39 is 0 Å². The fourth-order valence-corrected chi connectivity index (χ4v) is 1.71. The van der Waals surface area contributed by atoms with Gasteiger partial charge in [-0.05, 0) is 18.3 Å². The van der Waals surface area contributed by atoms with Crippen molar-refractivity contribution in [3.8, 4) is 0 Å². The van der Waals surface area contributed by atoms with Gasteiger partial charge >= 0.3 is 0 Å². The van der Waals surface area contributed by atoms with Crippen molar-refractivity contribution >= 4 is 0 Å². The van der Waals surface area contributed by atoms with Gasteiger partial charge in [0, 0.05) is 11.6 Å². The second-order valence-electron chi connectivity index (χ2n) is 5.04. The van der Waals surface area contributed by atoms with Crippen molar-refractivity contribution in [2.45, 2.75) is 65.7 Å². The second-order valence-corrected chi connectivity index (χ2v) is 5.04. The first-order chi connectivity index (χ1) is 6.97. The summed E-state index contributed by atoms with van der Waals surface area (Å²) in [4.78, 5) is 8.22. The fraction of sp³-hybridized carbons (Fsp3) is 0.769. The Morgan fingerprint density at radius 3 is 2.07 bits per heavy atom. The molecule has 2 nitrogen and oxygen atoms in total. The lowest BCUT2D eigenvalue weighted by atomic mass is 9.98. The van der Waals surface area contributed by atoms with Crippen molar-refractivity contribution in [1.29, 1.82) is 0 Å². The Morgan fingerprint density at radius 1 is 1.07 bits per heavy atom. The lowest BCUT2D eigenvalue weighted by Crippen LogP contribution is -1.99. The van der Waals surface area contributed by atoms with Crippen molar-refractivity contribution < 1.29 is 0 Å². The van der Waals surface area contributed by atoms with E-state index in [9.17, 15) is 0 Å². The summed E-state index contributed by atoms with van der Waals surface area (Å²) in [6, 6.07) is 0. The molecule has 0 saturated heterocycles. The number of nitrogens with zero attached hydrogens (tertiary/aromatic N) is 1. The van der Waals surface area contributed by atoms with Gasteiger partial charge in [0.2, 0.25) is 0 Å². The topological polar surface area (TPSA) is 28.7 Å². The van der Waals surface area contributed by atoms with Gasteiger partial charge in [-0.15, -0.1) is 0 Å². The molecule has 1 rings (SSSR count). The molecule has 1 aromatic heterocycles. The van der Waals surface area contributed by atoms with Gasteiger partial charge < -0.3 is 4.98 Å². The summed E-state index contributed by atoms with van der Waals surface area (Å²) in [6.45, 7) is 13.3. The van der Waals surface area contributed by atoms with Crippen molar-refractivity contribution in [2.24, 2.45) is 0 Å². The van der Waals surface area contributed by atoms with E-state index in [1.807, 2.05) is 0 Å². The Balaban J connectivity index is 3.11. The van der Waals surface area contributed by atoms with Crippen LogP contribution in [0, 0.1) is 0 Å². The van der Waals surface area contributed by atoms with Crippen molar-refractivity contribution in [1.82, 2.24) is 9.97 Å². The molecule has 0 aliphatic carbocycles. The van der Waals surface area contributed by atoms with E-state index in [2.05, 4.69) is 46.5 Å². The monoisotopic (exact) mass is 208 g/mol. The van der Waals surface area contributed by atoms with Crippen LogP contribution in [0.15, 0.2) is 0 Å². The molecular weight excluding hydrogens is 184 g/mol. The van der Waals surface area contributed by atoms with E-state index in [-0.39, 0.29) is 0 Å². The predicted molar refractivity (Wildman–Crippen MR) is 65.5 cm³/mol. The zero-order chi connectivity index (χ0) is 11.6. The van der Waals surface area contributed by atoms with Crippen LogP contribution in [0.3, 0.4) is 0 Å². The van der Waals surface area contributed by atoms with Gasteiger partial charge in [-0.2, -0.15) is 0 Å². The molecule has 1 aromatic rings. The summed E-state index contributed by atoms with van der Waals surface area (Å²) in [5, 5.41) is 0. The Labute approximate surface area is 93.5 Å². The molecule has 0 saturated carbocycles. The number of rotatable bonds is 4. The van der Waals surface area contributed by atoms with E-state index in [4.69, 9.17) is 4.98 Å². The van der Waals surface area contributed by atoms with Crippen molar-refractivity contribution in [3.63, 3.8) is 0 Å². The maximum atomic E-state index is 4.72. The molecular formula is C13H24N2. The van der Waals surface area contributed by atoms with E-state index in [0.717, 1.165) is 5.82 Å². The summed E-state index contributed by atoms with van der Waals surface area (Å²) in [5.41, 5.74) is 2.60. The molecule has 0 fully saturated rings. The average Bonchev–Trinajstić information content (AvgIpc) is 2.61. The molecule has 0 aromatic carbocycles. The minimum absolute atomic E-state index is 0.486. The SMILES string of the molecule is CCC(C)c1[nH]c(C(C)C)nc1C(C)C. The highest BCUT2D eigenvalue weighted by Crippen LogP contribution is 2.27. The number of H-pyrrole nitrogens is 1. The van der Waals surface area contributed by atoms with Crippen LogP contribution in [0.4, 0.5) is 0 Å². The van der Waals surface area contributed by atoms with Gasteiger partial charge in [-0.3, -0.25) is 0 Å². The Bertz CT molecular complexity index is 310. The molecule has 0 bridgehead atoms. The third kappa shape index (κ3) is 2.61. The van der Waals surface area contributed by atoms with E-state index >= 15 is 0 Å².